The Labute approximate surface area is 124 Å². The van der Waals surface area contributed by atoms with Gasteiger partial charge in [0.2, 0.25) is 0 Å². The fourth-order valence-electron chi connectivity index (χ4n) is 3.41. The normalized spacial score (nSPS) is 20.4. The Kier molecular flexibility index (Phi) is 3.36. The van der Waals surface area contributed by atoms with Crippen LogP contribution in [-0.2, 0) is 0 Å². The molecule has 0 saturated carbocycles. The molecule has 2 atom stereocenters. The van der Waals surface area contributed by atoms with Crippen LogP contribution in [0.5, 0.6) is 5.75 Å². The van der Waals surface area contributed by atoms with Gasteiger partial charge in [0.25, 0.3) is 0 Å². The van der Waals surface area contributed by atoms with Crippen LogP contribution in [0.4, 0.5) is 10.1 Å². The standard InChI is InChI=1S/C18H20FNO/c1-10-4-7-16(21)18-15(9-12(3)17(10)18)20-13-5-6-14(19)11(2)8-13/h4-8,12,15,20-21H,9H2,1-3H3. The van der Waals surface area contributed by atoms with Gasteiger partial charge in [0.15, 0.2) is 0 Å². The second-order valence-electron chi connectivity index (χ2n) is 6.03. The molecule has 0 aliphatic heterocycles. The van der Waals surface area contributed by atoms with E-state index >= 15 is 0 Å². The van der Waals surface area contributed by atoms with E-state index in [4.69, 9.17) is 0 Å². The van der Waals surface area contributed by atoms with Crippen LogP contribution in [0.15, 0.2) is 30.3 Å². The third kappa shape index (κ3) is 2.37. The fourth-order valence-corrected chi connectivity index (χ4v) is 3.41. The minimum atomic E-state index is -0.195. The minimum Gasteiger partial charge on any atom is -0.508 e. The zero-order chi connectivity index (χ0) is 15.1. The summed E-state index contributed by atoms with van der Waals surface area (Å²) in [6, 6.07) is 8.83. The van der Waals surface area contributed by atoms with Gasteiger partial charge in [-0.25, -0.2) is 4.39 Å². The van der Waals surface area contributed by atoms with Crippen molar-refractivity contribution in [3.05, 3.63) is 58.4 Å². The number of aromatic hydroxyl groups is 1. The molecule has 0 fully saturated rings. The smallest absolute Gasteiger partial charge is 0.126 e. The number of aryl methyl sites for hydroxylation is 2. The molecule has 0 aromatic heterocycles. The summed E-state index contributed by atoms with van der Waals surface area (Å²) >= 11 is 0. The highest BCUT2D eigenvalue weighted by molar-refractivity contribution is 5.56. The number of phenolic OH excluding ortho intramolecular Hbond substituents is 1. The Morgan fingerprint density at radius 3 is 2.57 bits per heavy atom. The molecule has 0 heterocycles. The van der Waals surface area contributed by atoms with Crippen LogP contribution in [0.25, 0.3) is 0 Å². The van der Waals surface area contributed by atoms with Gasteiger partial charge in [0.1, 0.15) is 11.6 Å². The monoisotopic (exact) mass is 285 g/mol. The van der Waals surface area contributed by atoms with E-state index in [-0.39, 0.29) is 11.9 Å². The summed E-state index contributed by atoms with van der Waals surface area (Å²) in [6.07, 6.45) is 0.935. The van der Waals surface area contributed by atoms with E-state index in [1.165, 1.54) is 17.2 Å². The molecule has 2 N–H and O–H groups in total. The number of fused-ring (bicyclic) bond motifs is 1. The molecule has 1 aliphatic carbocycles. The van der Waals surface area contributed by atoms with Gasteiger partial charge >= 0.3 is 0 Å². The van der Waals surface area contributed by atoms with Gasteiger partial charge in [-0.3, -0.25) is 0 Å². The van der Waals surface area contributed by atoms with E-state index in [1.807, 2.05) is 12.1 Å². The molecule has 2 aromatic rings. The minimum absolute atomic E-state index is 0.0692. The van der Waals surface area contributed by atoms with Gasteiger partial charge in [-0.1, -0.05) is 13.0 Å². The molecule has 0 bridgehead atoms. The number of benzene rings is 2. The maximum Gasteiger partial charge on any atom is 0.126 e. The summed E-state index contributed by atoms with van der Waals surface area (Å²) in [5.41, 5.74) is 4.96. The zero-order valence-electron chi connectivity index (χ0n) is 12.6. The third-order valence-corrected chi connectivity index (χ3v) is 4.41. The maximum atomic E-state index is 13.4. The van der Waals surface area contributed by atoms with Gasteiger partial charge in [-0.15, -0.1) is 0 Å². The molecular formula is C18H20FNO. The Bertz CT molecular complexity index is 696. The van der Waals surface area contributed by atoms with Crippen molar-refractivity contribution in [2.24, 2.45) is 0 Å². The molecule has 0 spiro atoms. The lowest BCUT2D eigenvalue weighted by molar-refractivity contribution is 0.465. The highest BCUT2D eigenvalue weighted by Gasteiger charge is 2.32. The lowest BCUT2D eigenvalue weighted by Gasteiger charge is -2.17. The molecule has 0 amide bonds. The lowest BCUT2D eigenvalue weighted by Crippen LogP contribution is -2.08. The van der Waals surface area contributed by atoms with Crippen LogP contribution in [0.2, 0.25) is 0 Å². The van der Waals surface area contributed by atoms with Crippen LogP contribution >= 0.6 is 0 Å². The van der Waals surface area contributed by atoms with Gasteiger partial charge < -0.3 is 10.4 Å². The quantitative estimate of drug-likeness (QED) is 0.830. The second kappa shape index (κ2) is 5.06. The molecular weight excluding hydrogens is 265 g/mol. The topological polar surface area (TPSA) is 32.3 Å². The number of anilines is 1. The van der Waals surface area contributed by atoms with Crippen LogP contribution < -0.4 is 5.32 Å². The van der Waals surface area contributed by atoms with E-state index in [0.29, 0.717) is 17.2 Å². The molecule has 0 saturated heterocycles. The molecule has 3 rings (SSSR count). The molecule has 110 valence electrons. The number of nitrogens with one attached hydrogen (secondary N) is 1. The van der Waals surface area contributed by atoms with Crippen molar-refractivity contribution in [2.45, 2.75) is 39.2 Å². The highest BCUT2D eigenvalue weighted by Crippen LogP contribution is 2.47. The van der Waals surface area contributed by atoms with Crippen LogP contribution in [0.3, 0.4) is 0 Å². The average Bonchev–Trinajstić information content (AvgIpc) is 2.76. The molecule has 1 aliphatic rings. The number of halogens is 1. The van der Waals surface area contributed by atoms with Crippen molar-refractivity contribution < 1.29 is 9.50 Å². The van der Waals surface area contributed by atoms with Crippen LogP contribution in [-0.4, -0.2) is 5.11 Å². The molecule has 0 radical (unpaired) electrons. The highest BCUT2D eigenvalue weighted by atomic mass is 19.1. The first-order valence-electron chi connectivity index (χ1n) is 7.32. The SMILES string of the molecule is Cc1cc(NC2CC(C)c3c(C)ccc(O)c32)ccc1F. The van der Waals surface area contributed by atoms with Gasteiger partial charge in [0, 0.05) is 11.3 Å². The summed E-state index contributed by atoms with van der Waals surface area (Å²) in [5.74, 6) is 0.557. The Morgan fingerprint density at radius 2 is 1.86 bits per heavy atom. The summed E-state index contributed by atoms with van der Waals surface area (Å²) < 4.78 is 13.4. The summed E-state index contributed by atoms with van der Waals surface area (Å²) in [4.78, 5) is 0. The fraction of sp³-hybridized carbons (Fsp3) is 0.333. The molecule has 2 aromatic carbocycles. The predicted molar refractivity (Wildman–Crippen MR) is 83.4 cm³/mol. The Balaban J connectivity index is 1.96. The van der Waals surface area contributed by atoms with E-state index in [1.54, 1.807) is 19.1 Å². The van der Waals surface area contributed by atoms with Gasteiger partial charge in [-0.05, 0) is 67.1 Å². The van der Waals surface area contributed by atoms with Gasteiger partial charge in [0.05, 0.1) is 6.04 Å². The van der Waals surface area contributed by atoms with Crippen LogP contribution in [0, 0.1) is 19.7 Å². The summed E-state index contributed by atoms with van der Waals surface area (Å²) in [5, 5.41) is 13.7. The maximum absolute atomic E-state index is 13.4. The summed E-state index contributed by atoms with van der Waals surface area (Å²) in [7, 11) is 0. The van der Waals surface area contributed by atoms with Crippen molar-refractivity contribution in [3.8, 4) is 5.75 Å². The predicted octanol–water partition coefficient (Wildman–Crippen LogP) is 4.81. The van der Waals surface area contributed by atoms with Crippen molar-refractivity contribution in [2.75, 3.05) is 5.32 Å². The first kappa shape index (κ1) is 13.9. The molecule has 2 nitrogen and oxygen atoms in total. The number of phenols is 1. The number of rotatable bonds is 2. The van der Waals surface area contributed by atoms with E-state index < -0.39 is 0 Å². The molecule has 2 unspecified atom stereocenters. The largest absolute Gasteiger partial charge is 0.508 e. The second-order valence-corrected chi connectivity index (χ2v) is 6.03. The van der Waals surface area contributed by atoms with E-state index in [2.05, 4.69) is 19.2 Å². The number of hydrogen-bond acceptors (Lipinski definition) is 2. The molecule has 3 heteroatoms. The third-order valence-electron chi connectivity index (χ3n) is 4.41. The van der Waals surface area contributed by atoms with Gasteiger partial charge in [-0.2, -0.15) is 0 Å². The van der Waals surface area contributed by atoms with Crippen molar-refractivity contribution >= 4 is 5.69 Å². The number of hydrogen-bond donors (Lipinski definition) is 2. The van der Waals surface area contributed by atoms with E-state index in [0.717, 1.165) is 17.7 Å². The average molecular weight is 285 g/mol. The van der Waals surface area contributed by atoms with Crippen LogP contribution in [0.1, 0.15) is 47.6 Å². The first-order chi connectivity index (χ1) is 9.97. The first-order valence-corrected chi connectivity index (χ1v) is 7.32. The lowest BCUT2D eigenvalue weighted by atomic mass is 9.97. The Morgan fingerprint density at radius 1 is 1.10 bits per heavy atom. The van der Waals surface area contributed by atoms with Crippen molar-refractivity contribution in [3.63, 3.8) is 0 Å². The molecule has 21 heavy (non-hydrogen) atoms. The van der Waals surface area contributed by atoms with E-state index in [9.17, 15) is 9.50 Å². The van der Waals surface area contributed by atoms with Crippen molar-refractivity contribution in [1.82, 2.24) is 0 Å². The zero-order valence-corrected chi connectivity index (χ0v) is 12.6. The van der Waals surface area contributed by atoms with Crippen molar-refractivity contribution in [1.29, 1.82) is 0 Å². The Hall–Kier alpha value is -2.03. The summed E-state index contributed by atoms with van der Waals surface area (Å²) in [6.45, 7) is 6.02.